The molecule has 0 fully saturated rings. The summed E-state index contributed by atoms with van der Waals surface area (Å²) in [4.78, 5) is 43.1. The molecule has 0 spiro atoms. The van der Waals surface area contributed by atoms with Crippen molar-refractivity contribution in [3.05, 3.63) is 64.7 Å². The molecule has 232 valence electrons. The van der Waals surface area contributed by atoms with E-state index >= 15 is 0 Å². The summed E-state index contributed by atoms with van der Waals surface area (Å²) in [6.07, 6.45) is 6.40. The number of anilines is 1. The third-order valence-corrected chi connectivity index (χ3v) is 7.77. The number of carbonyl (C=O) groups is 3. The van der Waals surface area contributed by atoms with Crippen LogP contribution in [-0.4, -0.2) is 53.0 Å². The van der Waals surface area contributed by atoms with Gasteiger partial charge in [0.05, 0.1) is 0 Å². The number of para-hydroxylation sites is 1. The maximum atomic E-state index is 14.4. The first-order valence-corrected chi connectivity index (χ1v) is 16.6. The Morgan fingerprint density at radius 3 is 2.14 bits per heavy atom. The van der Waals surface area contributed by atoms with Crippen LogP contribution < -0.4 is 10.6 Å². The van der Waals surface area contributed by atoms with E-state index in [1.165, 1.54) is 0 Å². The number of carbonyl (C=O) groups excluding carboxylic acids is 3. The first kappa shape index (κ1) is 35.2. The molecule has 2 aromatic rings. The molecule has 0 saturated carbocycles. The molecule has 0 heterocycles. The highest BCUT2D eigenvalue weighted by Crippen LogP contribution is 2.28. The van der Waals surface area contributed by atoms with Crippen molar-refractivity contribution in [1.29, 1.82) is 0 Å². The highest BCUT2D eigenvalue weighted by molar-refractivity contribution is 7.98. The van der Waals surface area contributed by atoms with E-state index in [1.54, 1.807) is 37.4 Å². The zero-order valence-electron chi connectivity index (χ0n) is 26.8. The summed E-state index contributed by atoms with van der Waals surface area (Å²) in [5, 5.41) is 5.97. The molecule has 0 aliphatic rings. The molecule has 3 amide bonds. The van der Waals surface area contributed by atoms with Gasteiger partial charge in [-0.2, -0.15) is 11.8 Å². The van der Waals surface area contributed by atoms with Crippen LogP contribution in [0.15, 0.2) is 42.5 Å². The van der Waals surface area contributed by atoms with Crippen molar-refractivity contribution in [2.45, 2.75) is 105 Å². The first-order chi connectivity index (χ1) is 19.9. The lowest BCUT2D eigenvalue weighted by atomic mass is 9.99. The van der Waals surface area contributed by atoms with E-state index in [1.807, 2.05) is 62.6 Å². The lowest BCUT2D eigenvalue weighted by molar-refractivity contribution is -0.141. The van der Waals surface area contributed by atoms with Gasteiger partial charge in [-0.25, -0.2) is 4.79 Å². The van der Waals surface area contributed by atoms with E-state index in [-0.39, 0.29) is 11.8 Å². The Morgan fingerprint density at radius 1 is 0.952 bits per heavy atom. The smallest absolute Gasteiger partial charge is 0.408 e. The minimum atomic E-state index is -0.874. The molecule has 0 radical (unpaired) electrons. The second kappa shape index (κ2) is 17.2. The van der Waals surface area contributed by atoms with Gasteiger partial charge >= 0.3 is 6.09 Å². The number of thioether (sulfide) groups is 1. The lowest BCUT2D eigenvalue weighted by Gasteiger charge is -2.35. The van der Waals surface area contributed by atoms with Crippen LogP contribution in [0.2, 0.25) is 0 Å². The van der Waals surface area contributed by atoms with E-state index in [9.17, 15) is 14.4 Å². The largest absolute Gasteiger partial charge is 0.444 e. The van der Waals surface area contributed by atoms with Crippen LogP contribution in [0.5, 0.6) is 0 Å². The number of amides is 3. The number of aryl methyl sites for hydroxylation is 3. The number of hydrogen-bond acceptors (Lipinski definition) is 5. The van der Waals surface area contributed by atoms with E-state index in [2.05, 4.69) is 24.5 Å². The Kier molecular flexibility index (Phi) is 14.4. The fourth-order valence-electron chi connectivity index (χ4n) is 4.83. The molecular weight excluding hydrogens is 546 g/mol. The Balaban J connectivity index is 2.58. The summed E-state index contributed by atoms with van der Waals surface area (Å²) < 4.78 is 5.51. The minimum absolute atomic E-state index is 0.277. The average molecular weight is 598 g/mol. The van der Waals surface area contributed by atoms with Crippen molar-refractivity contribution in [2.24, 2.45) is 0 Å². The van der Waals surface area contributed by atoms with Gasteiger partial charge in [-0.1, -0.05) is 75.6 Å². The molecule has 2 unspecified atom stereocenters. The van der Waals surface area contributed by atoms with Crippen molar-refractivity contribution in [1.82, 2.24) is 10.2 Å². The minimum Gasteiger partial charge on any atom is -0.444 e. The van der Waals surface area contributed by atoms with Gasteiger partial charge in [0.25, 0.3) is 5.91 Å². The third-order valence-electron chi connectivity index (χ3n) is 7.13. The molecular formula is C34H51N3O4S. The molecule has 0 aliphatic heterocycles. The summed E-state index contributed by atoms with van der Waals surface area (Å²) in [7, 11) is 0. The molecule has 0 aliphatic carbocycles. The van der Waals surface area contributed by atoms with Crippen molar-refractivity contribution in [2.75, 3.05) is 23.9 Å². The topological polar surface area (TPSA) is 87.7 Å². The van der Waals surface area contributed by atoms with Crippen molar-refractivity contribution < 1.29 is 19.1 Å². The molecule has 2 N–H and O–H groups in total. The van der Waals surface area contributed by atoms with E-state index in [0.717, 1.165) is 60.0 Å². The van der Waals surface area contributed by atoms with Crippen LogP contribution in [0, 0.1) is 13.8 Å². The molecule has 2 atom stereocenters. The Labute approximate surface area is 257 Å². The first-order valence-electron chi connectivity index (χ1n) is 15.2. The van der Waals surface area contributed by atoms with Crippen LogP contribution in [-0.2, 0) is 20.7 Å². The predicted molar refractivity (Wildman–Crippen MR) is 175 cm³/mol. The maximum absolute atomic E-state index is 14.4. The van der Waals surface area contributed by atoms with E-state index < -0.39 is 23.8 Å². The van der Waals surface area contributed by atoms with Gasteiger partial charge in [0.1, 0.15) is 17.7 Å². The number of ether oxygens (including phenoxy) is 1. The molecule has 7 nitrogen and oxygen atoms in total. The Bertz CT molecular complexity index is 1140. The Morgan fingerprint density at radius 2 is 1.60 bits per heavy atom. The third kappa shape index (κ3) is 11.0. The lowest BCUT2D eigenvalue weighted by Crippen LogP contribution is -2.52. The Hall–Kier alpha value is -3.00. The number of unbranched alkanes of at least 4 members (excludes halogenated alkanes) is 3. The fourth-order valence-corrected chi connectivity index (χ4v) is 5.30. The average Bonchev–Trinajstić information content (AvgIpc) is 2.93. The van der Waals surface area contributed by atoms with Crippen LogP contribution >= 0.6 is 11.8 Å². The monoisotopic (exact) mass is 597 g/mol. The molecule has 42 heavy (non-hydrogen) atoms. The normalized spacial score (nSPS) is 12.8. The second-order valence-electron chi connectivity index (χ2n) is 11.8. The zero-order chi connectivity index (χ0) is 31.3. The fraction of sp³-hybridized carbons (Fsp3) is 0.559. The molecule has 8 heteroatoms. The number of hydrogen-bond donors (Lipinski definition) is 2. The predicted octanol–water partition coefficient (Wildman–Crippen LogP) is 7.60. The summed E-state index contributed by atoms with van der Waals surface area (Å²) in [6.45, 7) is 13.9. The van der Waals surface area contributed by atoms with Crippen molar-refractivity contribution in [3.63, 3.8) is 0 Å². The quantitative estimate of drug-likeness (QED) is 0.206. The number of rotatable bonds is 15. The van der Waals surface area contributed by atoms with Crippen LogP contribution in [0.3, 0.4) is 0 Å². The van der Waals surface area contributed by atoms with Gasteiger partial charge in [-0.15, -0.1) is 0 Å². The number of benzene rings is 2. The summed E-state index contributed by atoms with van der Waals surface area (Å²) in [5.41, 5.74) is 3.84. The maximum Gasteiger partial charge on any atom is 0.408 e. The van der Waals surface area contributed by atoms with Gasteiger partial charge in [0.15, 0.2) is 0 Å². The van der Waals surface area contributed by atoms with Gasteiger partial charge in [0.2, 0.25) is 5.91 Å². The molecule has 0 aromatic heterocycles. The standard InChI is InChI=1S/C34H51N3O4S/c1-9-11-12-13-22-37(32(39)28(21-23-42-8)35-33(40)41-34(5,6)7)30(27-19-17-26(10-2)18-20-27)31(38)36-29-24(3)15-14-16-25(29)4/h14-20,28,30H,9-13,21-23H2,1-8H3,(H,35,40)(H,36,38). The molecule has 2 aromatic carbocycles. The van der Waals surface area contributed by atoms with E-state index in [4.69, 9.17) is 4.74 Å². The van der Waals surface area contributed by atoms with Crippen molar-refractivity contribution in [3.8, 4) is 0 Å². The van der Waals surface area contributed by atoms with Gasteiger partial charge in [0, 0.05) is 12.2 Å². The highest BCUT2D eigenvalue weighted by Gasteiger charge is 2.36. The zero-order valence-corrected chi connectivity index (χ0v) is 27.7. The van der Waals surface area contributed by atoms with Gasteiger partial charge in [-0.05, 0) is 88.1 Å². The number of nitrogens with one attached hydrogen (secondary N) is 2. The highest BCUT2D eigenvalue weighted by atomic mass is 32.2. The van der Waals surface area contributed by atoms with Gasteiger partial charge < -0.3 is 20.3 Å². The molecule has 0 bridgehead atoms. The molecule has 2 rings (SSSR count). The second-order valence-corrected chi connectivity index (χ2v) is 12.8. The van der Waals surface area contributed by atoms with Crippen LogP contribution in [0.1, 0.15) is 95.0 Å². The number of alkyl carbamates (subject to hydrolysis) is 1. The van der Waals surface area contributed by atoms with Crippen molar-refractivity contribution >= 4 is 35.4 Å². The summed E-state index contributed by atoms with van der Waals surface area (Å²) in [6, 6.07) is 12.1. The summed E-state index contributed by atoms with van der Waals surface area (Å²) >= 11 is 1.60. The number of nitrogens with zero attached hydrogens (tertiary/aromatic N) is 1. The van der Waals surface area contributed by atoms with Crippen LogP contribution in [0.4, 0.5) is 10.5 Å². The SMILES string of the molecule is CCCCCCN(C(=O)C(CCSC)NC(=O)OC(C)(C)C)C(C(=O)Nc1c(C)cccc1C)c1ccc(CC)cc1. The summed E-state index contributed by atoms with van der Waals surface area (Å²) in [5.74, 6) is 0.106. The van der Waals surface area contributed by atoms with Crippen LogP contribution in [0.25, 0.3) is 0 Å². The van der Waals surface area contributed by atoms with Gasteiger partial charge in [-0.3, -0.25) is 9.59 Å². The van der Waals surface area contributed by atoms with E-state index in [0.29, 0.717) is 18.7 Å². The molecule has 0 saturated heterocycles.